The van der Waals surface area contributed by atoms with Crippen LogP contribution in [0, 0.1) is 0 Å². The van der Waals surface area contributed by atoms with Crippen LogP contribution in [0.25, 0.3) is 0 Å². The van der Waals surface area contributed by atoms with E-state index < -0.39 is 0 Å². The molecule has 0 bridgehead atoms. The van der Waals surface area contributed by atoms with Crippen LogP contribution >= 0.6 is 15.9 Å². The van der Waals surface area contributed by atoms with Crippen LogP contribution in [-0.4, -0.2) is 15.7 Å². The van der Waals surface area contributed by atoms with E-state index in [1.807, 2.05) is 42.5 Å². The van der Waals surface area contributed by atoms with Crippen molar-refractivity contribution in [2.24, 2.45) is 7.05 Å². The Morgan fingerprint density at radius 1 is 1.21 bits per heavy atom. The van der Waals surface area contributed by atoms with Crippen LogP contribution in [0.4, 0.5) is 5.82 Å². The molecule has 0 unspecified atom stereocenters. The first kappa shape index (κ1) is 16.3. The first-order valence-electron chi connectivity index (χ1n) is 7.38. The maximum Gasteiger partial charge on any atom is 0.256 e. The number of hydrogen-bond donors (Lipinski definition) is 1. The number of amides is 1. The molecule has 2 aromatic carbocycles. The summed E-state index contributed by atoms with van der Waals surface area (Å²) in [7, 11) is 1.80. The molecule has 5 nitrogen and oxygen atoms in total. The molecule has 24 heavy (non-hydrogen) atoms. The fourth-order valence-corrected chi connectivity index (χ4v) is 2.43. The predicted octanol–water partition coefficient (Wildman–Crippen LogP) is 4.01. The number of aromatic nitrogens is 2. The van der Waals surface area contributed by atoms with Crippen LogP contribution < -0.4 is 10.1 Å². The maximum atomic E-state index is 12.3. The largest absolute Gasteiger partial charge is 0.489 e. The third-order valence-corrected chi connectivity index (χ3v) is 3.89. The number of ether oxygens (including phenoxy) is 1. The van der Waals surface area contributed by atoms with Crippen molar-refractivity contribution in [2.75, 3.05) is 5.32 Å². The van der Waals surface area contributed by atoms with Crippen molar-refractivity contribution in [2.45, 2.75) is 6.61 Å². The van der Waals surface area contributed by atoms with Gasteiger partial charge in [0.2, 0.25) is 0 Å². The number of rotatable bonds is 5. The maximum absolute atomic E-state index is 12.3. The number of carbonyl (C=O) groups excluding carboxylic acids is 1. The minimum absolute atomic E-state index is 0.195. The van der Waals surface area contributed by atoms with Gasteiger partial charge in [-0.15, -0.1) is 0 Å². The van der Waals surface area contributed by atoms with Crippen molar-refractivity contribution in [1.82, 2.24) is 9.78 Å². The third kappa shape index (κ3) is 4.23. The number of nitrogens with zero attached hydrogens (tertiary/aromatic N) is 2. The lowest BCUT2D eigenvalue weighted by Crippen LogP contribution is -2.13. The number of aryl methyl sites for hydroxylation is 1. The summed E-state index contributed by atoms with van der Waals surface area (Å²) in [4.78, 5) is 12.3. The van der Waals surface area contributed by atoms with Gasteiger partial charge in [0.15, 0.2) is 5.82 Å². The van der Waals surface area contributed by atoms with Crippen LogP contribution in [0.3, 0.4) is 0 Å². The smallest absolute Gasteiger partial charge is 0.256 e. The molecule has 0 saturated carbocycles. The third-order valence-electron chi connectivity index (χ3n) is 3.36. The van der Waals surface area contributed by atoms with E-state index in [1.165, 1.54) is 0 Å². The van der Waals surface area contributed by atoms with Gasteiger partial charge in [-0.1, -0.05) is 28.1 Å². The Labute approximate surface area is 148 Å². The molecule has 0 radical (unpaired) electrons. The molecule has 0 aliphatic heterocycles. The minimum Gasteiger partial charge on any atom is -0.489 e. The minimum atomic E-state index is -0.195. The van der Waals surface area contributed by atoms with Crippen molar-refractivity contribution in [3.63, 3.8) is 0 Å². The van der Waals surface area contributed by atoms with Gasteiger partial charge in [0.25, 0.3) is 5.91 Å². The molecule has 0 spiro atoms. The zero-order chi connectivity index (χ0) is 16.9. The Kier molecular flexibility index (Phi) is 4.96. The van der Waals surface area contributed by atoms with Gasteiger partial charge < -0.3 is 10.1 Å². The number of benzene rings is 2. The zero-order valence-corrected chi connectivity index (χ0v) is 14.7. The predicted molar refractivity (Wildman–Crippen MR) is 96.1 cm³/mol. The Morgan fingerprint density at radius 2 is 2.00 bits per heavy atom. The van der Waals surface area contributed by atoms with Crippen LogP contribution in [-0.2, 0) is 13.7 Å². The van der Waals surface area contributed by atoms with E-state index in [-0.39, 0.29) is 5.91 Å². The monoisotopic (exact) mass is 385 g/mol. The summed E-state index contributed by atoms with van der Waals surface area (Å²) >= 11 is 3.39. The molecule has 1 amide bonds. The Balaban J connectivity index is 1.64. The topological polar surface area (TPSA) is 56.2 Å². The molecule has 0 atom stereocenters. The van der Waals surface area contributed by atoms with Gasteiger partial charge in [0, 0.05) is 29.3 Å². The van der Waals surface area contributed by atoms with E-state index >= 15 is 0 Å². The first-order chi connectivity index (χ1) is 11.6. The summed E-state index contributed by atoms with van der Waals surface area (Å²) in [5.41, 5.74) is 1.49. The van der Waals surface area contributed by atoms with E-state index in [4.69, 9.17) is 4.74 Å². The highest BCUT2D eigenvalue weighted by molar-refractivity contribution is 9.10. The molecule has 0 saturated heterocycles. The summed E-state index contributed by atoms with van der Waals surface area (Å²) in [6.07, 6.45) is 1.78. The highest BCUT2D eigenvalue weighted by Crippen LogP contribution is 2.18. The average Bonchev–Trinajstić information content (AvgIpc) is 2.99. The molecule has 3 aromatic rings. The van der Waals surface area contributed by atoms with Gasteiger partial charge in [-0.3, -0.25) is 9.48 Å². The highest BCUT2D eigenvalue weighted by atomic mass is 79.9. The van der Waals surface area contributed by atoms with Gasteiger partial charge >= 0.3 is 0 Å². The van der Waals surface area contributed by atoms with E-state index in [9.17, 15) is 4.79 Å². The number of halogens is 1. The molecule has 6 heteroatoms. The molecule has 1 N–H and O–H groups in total. The summed E-state index contributed by atoms with van der Waals surface area (Å²) < 4.78 is 8.37. The van der Waals surface area contributed by atoms with Crippen molar-refractivity contribution in [3.05, 3.63) is 76.4 Å². The SMILES string of the molecule is Cn1ccc(NC(=O)c2cccc(COc3ccc(Br)cc3)c2)n1. The van der Waals surface area contributed by atoms with Gasteiger partial charge in [0.1, 0.15) is 12.4 Å². The Bertz CT molecular complexity index is 843. The molecule has 3 rings (SSSR count). The summed E-state index contributed by atoms with van der Waals surface area (Å²) in [5.74, 6) is 1.11. The molecular formula is C18H16BrN3O2. The standard InChI is InChI=1S/C18H16BrN3O2/c1-22-10-9-17(21-22)20-18(23)14-4-2-3-13(11-14)12-24-16-7-5-15(19)6-8-16/h2-11H,12H2,1H3,(H,20,21,23). The fourth-order valence-electron chi connectivity index (χ4n) is 2.17. The fraction of sp³-hybridized carbons (Fsp3) is 0.111. The van der Waals surface area contributed by atoms with Gasteiger partial charge in [-0.05, 0) is 42.0 Å². The number of nitrogens with one attached hydrogen (secondary N) is 1. The lowest BCUT2D eigenvalue weighted by atomic mass is 10.1. The number of anilines is 1. The van der Waals surface area contributed by atoms with Gasteiger partial charge in [0.05, 0.1) is 0 Å². The molecule has 0 aliphatic rings. The van der Waals surface area contributed by atoms with E-state index in [2.05, 4.69) is 26.3 Å². The molecule has 1 heterocycles. The van der Waals surface area contributed by atoms with Crippen molar-refractivity contribution < 1.29 is 9.53 Å². The van der Waals surface area contributed by atoms with Crippen LogP contribution in [0.15, 0.2) is 65.3 Å². The first-order valence-corrected chi connectivity index (χ1v) is 8.18. The van der Waals surface area contributed by atoms with Gasteiger partial charge in [-0.2, -0.15) is 5.10 Å². The summed E-state index contributed by atoms with van der Waals surface area (Å²) in [6.45, 7) is 0.395. The second-order valence-electron chi connectivity index (χ2n) is 5.27. The highest BCUT2D eigenvalue weighted by Gasteiger charge is 2.08. The Hall–Kier alpha value is -2.60. The normalized spacial score (nSPS) is 10.4. The molecule has 122 valence electrons. The van der Waals surface area contributed by atoms with Crippen LogP contribution in [0.5, 0.6) is 5.75 Å². The van der Waals surface area contributed by atoms with Crippen molar-refractivity contribution in [3.8, 4) is 5.75 Å². The van der Waals surface area contributed by atoms with E-state index in [0.29, 0.717) is 18.0 Å². The molecule has 1 aromatic heterocycles. The Morgan fingerprint density at radius 3 is 2.71 bits per heavy atom. The van der Waals surface area contributed by atoms with Crippen molar-refractivity contribution in [1.29, 1.82) is 0 Å². The van der Waals surface area contributed by atoms with Gasteiger partial charge in [-0.25, -0.2) is 0 Å². The van der Waals surface area contributed by atoms with E-state index in [1.54, 1.807) is 30.1 Å². The molecule has 0 aliphatic carbocycles. The lowest BCUT2D eigenvalue weighted by molar-refractivity contribution is 0.102. The average molecular weight is 386 g/mol. The summed E-state index contributed by atoms with van der Waals surface area (Å²) in [6, 6.07) is 16.7. The second kappa shape index (κ2) is 7.31. The van der Waals surface area contributed by atoms with Crippen molar-refractivity contribution >= 4 is 27.7 Å². The molecule has 0 fully saturated rings. The number of carbonyl (C=O) groups is 1. The second-order valence-corrected chi connectivity index (χ2v) is 6.19. The zero-order valence-electron chi connectivity index (χ0n) is 13.1. The van der Waals surface area contributed by atoms with Crippen LogP contribution in [0.2, 0.25) is 0 Å². The quantitative estimate of drug-likeness (QED) is 0.721. The summed E-state index contributed by atoms with van der Waals surface area (Å²) in [5, 5.41) is 6.91. The molecular weight excluding hydrogens is 370 g/mol. The lowest BCUT2D eigenvalue weighted by Gasteiger charge is -2.08. The van der Waals surface area contributed by atoms with Crippen LogP contribution in [0.1, 0.15) is 15.9 Å². The number of hydrogen-bond acceptors (Lipinski definition) is 3. The van der Waals surface area contributed by atoms with E-state index in [0.717, 1.165) is 15.8 Å².